The number of nitrogens with zero attached hydrogens (tertiary/aromatic N) is 2. The second-order valence-electron chi connectivity index (χ2n) is 3.98. The number of alkyl halides is 1. The van der Waals surface area contributed by atoms with Crippen molar-refractivity contribution in [3.8, 4) is 11.5 Å². The zero-order valence-corrected chi connectivity index (χ0v) is 10.5. The van der Waals surface area contributed by atoms with Crippen LogP contribution in [0.4, 0.5) is 0 Å². The van der Waals surface area contributed by atoms with Gasteiger partial charge in [-0.1, -0.05) is 30.3 Å². The fraction of sp³-hybridized carbons (Fsp3) is 0.231. The van der Waals surface area contributed by atoms with Gasteiger partial charge in [0, 0.05) is 5.39 Å². The summed E-state index contributed by atoms with van der Waals surface area (Å²) in [7, 11) is 0. The predicted molar refractivity (Wildman–Crippen MR) is 68.4 cm³/mol. The van der Waals surface area contributed by atoms with E-state index >= 15 is 0 Å². The summed E-state index contributed by atoms with van der Waals surface area (Å²) in [5.41, 5.74) is 1.59. The summed E-state index contributed by atoms with van der Waals surface area (Å²) in [6.07, 6.45) is 2.38. The van der Waals surface area contributed by atoms with E-state index in [9.17, 15) is 0 Å². The van der Waals surface area contributed by atoms with Crippen molar-refractivity contribution >= 4 is 22.6 Å². The number of furan rings is 1. The largest absolute Gasteiger partial charge is 0.463 e. The molecule has 5 heteroatoms. The lowest BCUT2D eigenvalue weighted by Crippen LogP contribution is -1.90. The van der Waals surface area contributed by atoms with Crippen LogP contribution in [0.5, 0.6) is 0 Å². The molecule has 2 heterocycles. The third kappa shape index (κ3) is 1.78. The summed E-state index contributed by atoms with van der Waals surface area (Å²) in [5, 5.41) is 4.62. The Bertz CT molecular complexity index is 674. The Morgan fingerprint density at radius 2 is 2.17 bits per heavy atom. The summed E-state index contributed by atoms with van der Waals surface area (Å²) in [4.78, 5) is 4.30. The van der Waals surface area contributed by atoms with Crippen LogP contribution >= 0.6 is 11.6 Å². The van der Waals surface area contributed by atoms with Gasteiger partial charge in [0.25, 0.3) is 5.89 Å². The number of rotatable bonds is 3. The molecule has 0 fully saturated rings. The first-order valence-electron chi connectivity index (χ1n) is 5.74. The molecule has 0 saturated carbocycles. The zero-order valence-electron chi connectivity index (χ0n) is 9.76. The fourth-order valence-electron chi connectivity index (χ4n) is 1.80. The molecule has 3 rings (SSSR count). The van der Waals surface area contributed by atoms with Gasteiger partial charge >= 0.3 is 0 Å². The maximum atomic E-state index is 6.08. The molecule has 2 aromatic heterocycles. The highest BCUT2D eigenvalue weighted by Gasteiger charge is 2.17. The van der Waals surface area contributed by atoms with Crippen LogP contribution in [0.1, 0.15) is 24.5 Å². The Labute approximate surface area is 109 Å². The first-order valence-corrected chi connectivity index (χ1v) is 6.17. The molecule has 0 saturated heterocycles. The van der Waals surface area contributed by atoms with E-state index in [0.717, 1.165) is 23.0 Å². The number of hydrogen-bond acceptors (Lipinski definition) is 4. The van der Waals surface area contributed by atoms with Crippen molar-refractivity contribution in [2.75, 3.05) is 0 Å². The highest BCUT2D eigenvalue weighted by Crippen LogP contribution is 2.30. The normalized spacial score (nSPS) is 13.0. The van der Waals surface area contributed by atoms with Gasteiger partial charge in [0.05, 0.1) is 10.9 Å². The van der Waals surface area contributed by atoms with E-state index in [4.69, 9.17) is 20.5 Å². The second-order valence-corrected chi connectivity index (χ2v) is 4.51. The highest BCUT2D eigenvalue weighted by molar-refractivity contribution is 6.20. The third-order valence-corrected chi connectivity index (χ3v) is 3.30. The van der Waals surface area contributed by atoms with E-state index in [2.05, 4.69) is 10.1 Å². The molecule has 18 heavy (non-hydrogen) atoms. The lowest BCUT2D eigenvalue weighted by Gasteiger charge is -1.95. The van der Waals surface area contributed by atoms with Crippen LogP contribution in [0.15, 0.2) is 39.5 Å². The van der Waals surface area contributed by atoms with Crippen LogP contribution in [0, 0.1) is 0 Å². The first-order chi connectivity index (χ1) is 8.79. The van der Waals surface area contributed by atoms with Crippen molar-refractivity contribution in [1.82, 2.24) is 10.1 Å². The van der Waals surface area contributed by atoms with Gasteiger partial charge in [0.1, 0.15) is 11.8 Å². The van der Waals surface area contributed by atoms with Crippen molar-refractivity contribution in [2.24, 2.45) is 0 Å². The Morgan fingerprint density at radius 3 is 3.00 bits per heavy atom. The minimum Gasteiger partial charge on any atom is -0.463 e. The summed E-state index contributed by atoms with van der Waals surface area (Å²) in [6.45, 7) is 1.97. The molecule has 3 aromatic rings. The maximum absolute atomic E-state index is 6.08. The van der Waals surface area contributed by atoms with E-state index in [0.29, 0.717) is 11.7 Å². The van der Waals surface area contributed by atoms with E-state index in [1.807, 2.05) is 31.2 Å². The average molecular weight is 263 g/mol. The molecular formula is C13H11ClN2O2. The summed E-state index contributed by atoms with van der Waals surface area (Å²) in [5.74, 6) is 0.952. The number of hydrogen-bond donors (Lipinski definition) is 0. The lowest BCUT2D eigenvalue weighted by atomic mass is 10.2. The predicted octanol–water partition coefficient (Wildman–Crippen LogP) is 4.17. The molecule has 92 valence electrons. The summed E-state index contributed by atoms with van der Waals surface area (Å²) < 4.78 is 10.7. The minimum atomic E-state index is -0.222. The lowest BCUT2D eigenvalue weighted by molar-refractivity contribution is 0.421. The Balaban J connectivity index is 2.07. The first kappa shape index (κ1) is 11.3. The molecule has 0 radical (unpaired) electrons. The molecule has 0 N–H and O–H groups in total. The number of fused-ring (bicyclic) bond motifs is 1. The van der Waals surface area contributed by atoms with Crippen molar-refractivity contribution in [3.63, 3.8) is 0 Å². The molecule has 0 spiro atoms. The van der Waals surface area contributed by atoms with Crippen LogP contribution < -0.4 is 0 Å². The van der Waals surface area contributed by atoms with E-state index in [-0.39, 0.29) is 5.38 Å². The molecule has 0 aliphatic carbocycles. The van der Waals surface area contributed by atoms with Gasteiger partial charge in [-0.15, -0.1) is 11.6 Å². The molecule has 0 amide bonds. The molecule has 0 aliphatic rings. The number of para-hydroxylation sites is 1. The Hall–Kier alpha value is -1.81. The highest BCUT2D eigenvalue weighted by atomic mass is 35.5. The van der Waals surface area contributed by atoms with Crippen LogP contribution in [0.3, 0.4) is 0 Å². The number of halogens is 1. The molecule has 1 unspecified atom stereocenters. The third-order valence-electron chi connectivity index (χ3n) is 2.79. The maximum Gasteiger partial charge on any atom is 0.261 e. The monoisotopic (exact) mass is 262 g/mol. The minimum absolute atomic E-state index is 0.222. The smallest absolute Gasteiger partial charge is 0.261 e. The van der Waals surface area contributed by atoms with Gasteiger partial charge < -0.3 is 8.94 Å². The molecule has 1 atom stereocenters. The van der Waals surface area contributed by atoms with Crippen molar-refractivity contribution < 1.29 is 8.94 Å². The van der Waals surface area contributed by atoms with Crippen LogP contribution in [-0.4, -0.2) is 10.1 Å². The van der Waals surface area contributed by atoms with Gasteiger partial charge in [-0.3, -0.25) is 0 Å². The SMILES string of the molecule is CCC(Cl)c1noc(-c2coc3ccccc23)n1. The summed E-state index contributed by atoms with van der Waals surface area (Å²) in [6, 6.07) is 7.71. The van der Waals surface area contributed by atoms with Crippen molar-refractivity contribution in [1.29, 1.82) is 0 Å². The van der Waals surface area contributed by atoms with Crippen LogP contribution in [0.2, 0.25) is 0 Å². The summed E-state index contributed by atoms with van der Waals surface area (Å²) >= 11 is 6.08. The quantitative estimate of drug-likeness (QED) is 0.665. The molecule has 1 aromatic carbocycles. The molecular weight excluding hydrogens is 252 g/mol. The standard InChI is InChI=1S/C13H11ClN2O2/c1-2-10(14)12-15-13(18-16-12)9-7-17-11-6-4-3-5-8(9)11/h3-7,10H,2H2,1H3. The van der Waals surface area contributed by atoms with Crippen LogP contribution in [-0.2, 0) is 0 Å². The Morgan fingerprint density at radius 1 is 1.33 bits per heavy atom. The van der Waals surface area contributed by atoms with E-state index < -0.39 is 0 Å². The Kier molecular flexibility index (Phi) is 2.80. The zero-order chi connectivity index (χ0) is 12.5. The van der Waals surface area contributed by atoms with E-state index in [1.165, 1.54) is 0 Å². The topological polar surface area (TPSA) is 52.1 Å². The second kappa shape index (κ2) is 4.46. The van der Waals surface area contributed by atoms with Gasteiger partial charge in [-0.05, 0) is 12.5 Å². The van der Waals surface area contributed by atoms with Gasteiger partial charge in [-0.25, -0.2) is 0 Å². The molecule has 0 aliphatic heterocycles. The van der Waals surface area contributed by atoms with Crippen LogP contribution in [0.25, 0.3) is 22.4 Å². The average Bonchev–Trinajstić information content (AvgIpc) is 3.03. The van der Waals surface area contributed by atoms with Gasteiger partial charge in [0.2, 0.25) is 0 Å². The number of benzene rings is 1. The van der Waals surface area contributed by atoms with E-state index in [1.54, 1.807) is 6.26 Å². The number of aromatic nitrogens is 2. The van der Waals surface area contributed by atoms with Gasteiger partial charge in [0.15, 0.2) is 5.82 Å². The molecule has 4 nitrogen and oxygen atoms in total. The fourth-order valence-corrected chi connectivity index (χ4v) is 1.89. The molecule has 0 bridgehead atoms. The van der Waals surface area contributed by atoms with Crippen molar-refractivity contribution in [3.05, 3.63) is 36.4 Å². The van der Waals surface area contributed by atoms with Crippen molar-refractivity contribution in [2.45, 2.75) is 18.7 Å². The van der Waals surface area contributed by atoms with Gasteiger partial charge in [-0.2, -0.15) is 4.98 Å².